The maximum atomic E-state index is 13.0. The Balaban J connectivity index is 1.74. The Morgan fingerprint density at radius 2 is 1.08 bits per heavy atom. The van der Waals surface area contributed by atoms with E-state index in [1.165, 1.54) is 11.3 Å². The van der Waals surface area contributed by atoms with E-state index in [1.807, 2.05) is 99.9 Å². The number of carbonyl (C=O) groups is 1. The van der Waals surface area contributed by atoms with Crippen molar-refractivity contribution in [2.75, 3.05) is 6.54 Å². The lowest BCUT2D eigenvalue weighted by Crippen LogP contribution is -2.49. The molecule has 0 bridgehead atoms. The summed E-state index contributed by atoms with van der Waals surface area (Å²) in [4.78, 5) is 13.0. The first kappa shape index (κ1) is 30.1. The number of carbonyl (C=O) groups excluding carboxylic acids is 1. The minimum absolute atomic E-state index is 0.158. The molecule has 8 nitrogen and oxygen atoms in total. The predicted molar refractivity (Wildman–Crippen MR) is 152 cm³/mol. The van der Waals surface area contributed by atoms with E-state index in [0.717, 1.165) is 0 Å². The predicted octanol–water partition coefficient (Wildman–Crippen LogP) is 5.03. The van der Waals surface area contributed by atoms with Gasteiger partial charge >= 0.3 is 21.4 Å². The number of amides is 1. The van der Waals surface area contributed by atoms with Crippen molar-refractivity contribution in [3.05, 3.63) is 22.4 Å². The maximum absolute atomic E-state index is 13.0. The number of thiophene rings is 1. The fourth-order valence-electron chi connectivity index (χ4n) is 4.81. The molecule has 3 fully saturated rings. The molecule has 3 saturated heterocycles. The highest BCUT2D eigenvalue weighted by Gasteiger charge is 2.67. The minimum atomic E-state index is -0.684. The molecule has 1 aromatic rings. The molecule has 38 heavy (non-hydrogen) atoms. The van der Waals surface area contributed by atoms with Gasteiger partial charge in [0, 0.05) is 29.0 Å². The quantitative estimate of drug-likeness (QED) is 0.480. The summed E-state index contributed by atoms with van der Waals surface area (Å²) in [6.07, 6.45) is 0. The van der Waals surface area contributed by atoms with Gasteiger partial charge in [-0.25, -0.2) is 0 Å². The van der Waals surface area contributed by atoms with E-state index in [0.29, 0.717) is 5.56 Å². The van der Waals surface area contributed by atoms with Crippen LogP contribution in [0.1, 0.15) is 93.4 Å². The Kier molecular flexibility index (Phi) is 7.60. The van der Waals surface area contributed by atoms with Crippen LogP contribution in [0.4, 0.5) is 0 Å². The van der Waals surface area contributed by atoms with Crippen molar-refractivity contribution in [3.8, 4) is 0 Å². The molecule has 210 valence electrons. The number of hydrogen-bond donors (Lipinski definition) is 1. The SMILES string of the molecule is CC1(C)OB(C(CNC(=O)c2ccsc2)C(B2OC(C)(C)C(C)(C)O2)B2OC(C)(C)C(C)(C)O2)OC1(C)C. The molecule has 1 amide bonds. The van der Waals surface area contributed by atoms with Crippen molar-refractivity contribution in [1.29, 1.82) is 0 Å². The van der Waals surface area contributed by atoms with E-state index in [-0.39, 0.29) is 12.5 Å². The normalized spacial score (nSPS) is 27.2. The minimum Gasteiger partial charge on any atom is -0.403 e. The van der Waals surface area contributed by atoms with E-state index >= 15 is 0 Å². The van der Waals surface area contributed by atoms with Crippen LogP contribution >= 0.6 is 11.3 Å². The largest absolute Gasteiger partial charge is 0.462 e. The van der Waals surface area contributed by atoms with Crippen molar-refractivity contribution in [1.82, 2.24) is 5.32 Å². The fourth-order valence-corrected chi connectivity index (χ4v) is 5.44. The molecule has 4 heterocycles. The topological polar surface area (TPSA) is 84.5 Å². The third kappa shape index (κ3) is 5.27. The monoisotopic (exact) mass is 547 g/mol. The van der Waals surface area contributed by atoms with E-state index < -0.39 is 66.5 Å². The Labute approximate surface area is 233 Å². The van der Waals surface area contributed by atoms with Gasteiger partial charge in [-0.1, -0.05) is 0 Å². The summed E-state index contributed by atoms with van der Waals surface area (Å²) < 4.78 is 39.5. The van der Waals surface area contributed by atoms with Crippen LogP contribution in [0.2, 0.25) is 11.5 Å². The Morgan fingerprint density at radius 1 is 0.711 bits per heavy atom. The van der Waals surface area contributed by atoms with Gasteiger partial charge in [0.2, 0.25) is 0 Å². The lowest BCUT2D eigenvalue weighted by atomic mass is 9.40. The molecule has 0 aliphatic carbocycles. The molecule has 3 aliphatic rings. The molecule has 0 saturated carbocycles. The third-order valence-corrected chi connectivity index (χ3v) is 10.3. The Morgan fingerprint density at radius 3 is 1.42 bits per heavy atom. The second-order valence-corrected chi connectivity index (χ2v) is 14.6. The average Bonchev–Trinajstić information content (AvgIpc) is 3.44. The third-order valence-electron chi connectivity index (χ3n) is 9.57. The van der Waals surface area contributed by atoms with Crippen LogP contribution < -0.4 is 5.32 Å². The van der Waals surface area contributed by atoms with Gasteiger partial charge in [-0.05, 0) is 94.5 Å². The van der Waals surface area contributed by atoms with Crippen molar-refractivity contribution in [3.63, 3.8) is 0 Å². The van der Waals surface area contributed by atoms with Crippen molar-refractivity contribution in [2.45, 2.75) is 128 Å². The zero-order valence-corrected chi connectivity index (χ0v) is 25.9. The van der Waals surface area contributed by atoms with Crippen molar-refractivity contribution >= 4 is 38.6 Å². The van der Waals surface area contributed by atoms with E-state index in [4.69, 9.17) is 27.9 Å². The van der Waals surface area contributed by atoms with Gasteiger partial charge in [0.15, 0.2) is 0 Å². The first-order valence-electron chi connectivity index (χ1n) is 13.6. The zero-order valence-electron chi connectivity index (χ0n) is 25.1. The van der Waals surface area contributed by atoms with Gasteiger partial charge in [-0.2, -0.15) is 11.3 Å². The summed E-state index contributed by atoms with van der Waals surface area (Å²) in [5, 5.41) is 6.83. The molecule has 4 rings (SSSR count). The highest BCUT2D eigenvalue weighted by molar-refractivity contribution is 7.08. The van der Waals surface area contributed by atoms with E-state index in [9.17, 15) is 4.79 Å². The summed E-state index contributed by atoms with van der Waals surface area (Å²) in [5.74, 6) is -0.572. The highest BCUT2D eigenvalue weighted by atomic mass is 32.1. The highest BCUT2D eigenvalue weighted by Crippen LogP contribution is 2.52. The van der Waals surface area contributed by atoms with Crippen LogP contribution in [0, 0.1) is 0 Å². The smallest absolute Gasteiger partial charge is 0.403 e. The Hall–Kier alpha value is -0.875. The molecule has 1 atom stereocenters. The van der Waals surface area contributed by atoms with Crippen LogP contribution in [0.3, 0.4) is 0 Å². The Bertz CT molecular complexity index is 944. The van der Waals surface area contributed by atoms with Gasteiger partial charge in [-0.15, -0.1) is 0 Å². The molecule has 0 spiro atoms. The van der Waals surface area contributed by atoms with Gasteiger partial charge < -0.3 is 33.2 Å². The van der Waals surface area contributed by atoms with Gasteiger partial charge in [0.05, 0.1) is 33.6 Å². The van der Waals surface area contributed by atoms with Crippen LogP contribution in [0.25, 0.3) is 0 Å². The van der Waals surface area contributed by atoms with Crippen molar-refractivity contribution in [2.24, 2.45) is 0 Å². The van der Waals surface area contributed by atoms with Crippen LogP contribution in [-0.4, -0.2) is 67.4 Å². The lowest BCUT2D eigenvalue weighted by molar-refractivity contribution is 0.00578. The first-order chi connectivity index (χ1) is 17.2. The molecule has 0 aromatic carbocycles. The van der Waals surface area contributed by atoms with Crippen LogP contribution in [0.5, 0.6) is 0 Å². The molecule has 12 heteroatoms. The van der Waals surface area contributed by atoms with Gasteiger partial charge in [0.25, 0.3) is 5.91 Å². The lowest BCUT2D eigenvalue weighted by Gasteiger charge is -2.32. The molecule has 0 radical (unpaired) electrons. The van der Waals surface area contributed by atoms with Gasteiger partial charge in [0.1, 0.15) is 0 Å². The number of nitrogens with one attached hydrogen (secondary N) is 1. The second kappa shape index (κ2) is 9.60. The molecular formula is C26H44B3NO7S. The first-order valence-corrected chi connectivity index (χ1v) is 14.5. The zero-order chi connectivity index (χ0) is 28.5. The standard InChI is InChI=1S/C26H44B3NO7S/c1-21(2)22(3,4)33-27(32-21)18(15-30-20(31)17-13-14-38-16-17)19(28-34-23(5,6)24(7,8)35-28)29-36-25(9,10)26(11,12)37-29/h13-14,16,18-19H,15H2,1-12H3,(H,30,31). The summed E-state index contributed by atoms with van der Waals surface area (Å²) in [7, 11) is -2.03. The van der Waals surface area contributed by atoms with E-state index in [2.05, 4.69) is 5.32 Å². The summed E-state index contributed by atoms with van der Waals surface area (Å²) >= 11 is 1.48. The number of hydrogen-bond acceptors (Lipinski definition) is 8. The fraction of sp³-hybridized carbons (Fsp3) is 0.808. The molecular weight excluding hydrogens is 503 g/mol. The van der Waals surface area contributed by atoms with Crippen molar-refractivity contribution < 1.29 is 32.7 Å². The summed E-state index contributed by atoms with van der Waals surface area (Å²) in [6.45, 7) is 24.5. The molecule has 1 aromatic heterocycles. The number of rotatable bonds is 7. The van der Waals surface area contributed by atoms with E-state index in [1.54, 1.807) is 0 Å². The summed E-state index contributed by atoms with van der Waals surface area (Å²) in [5.41, 5.74) is -3.27. The molecule has 1 unspecified atom stereocenters. The van der Waals surface area contributed by atoms with Crippen LogP contribution in [0.15, 0.2) is 16.8 Å². The van der Waals surface area contributed by atoms with Gasteiger partial charge in [-0.3, -0.25) is 4.79 Å². The van der Waals surface area contributed by atoms with Crippen LogP contribution in [-0.2, 0) is 27.9 Å². The average molecular weight is 547 g/mol. The maximum Gasteiger partial charge on any atom is 0.462 e. The molecule has 1 N–H and O–H groups in total. The second-order valence-electron chi connectivity index (χ2n) is 13.8. The molecule has 3 aliphatic heterocycles. The summed E-state index contributed by atoms with van der Waals surface area (Å²) in [6, 6.07) is 1.81.